The van der Waals surface area contributed by atoms with E-state index in [0.29, 0.717) is 28.8 Å². The van der Waals surface area contributed by atoms with Crippen molar-refractivity contribution in [1.29, 1.82) is 0 Å². The minimum atomic E-state index is -4.06. The summed E-state index contributed by atoms with van der Waals surface area (Å²) in [6, 6.07) is 28.5. The van der Waals surface area contributed by atoms with Crippen molar-refractivity contribution in [3.63, 3.8) is 0 Å². The number of sulfonamides is 1. The van der Waals surface area contributed by atoms with Crippen molar-refractivity contribution in [2.45, 2.75) is 29.4 Å². The van der Waals surface area contributed by atoms with Crippen LogP contribution in [-0.2, 0) is 20.6 Å². The Morgan fingerprint density at radius 2 is 1.64 bits per heavy atom. The molecule has 1 N–H and O–H groups in total. The molecule has 4 rings (SSSR count). The predicted octanol–water partition coefficient (Wildman–Crippen LogP) is 7.17. The molecule has 0 aromatic heterocycles. The van der Waals surface area contributed by atoms with Crippen LogP contribution in [0.2, 0.25) is 5.02 Å². The molecule has 202 valence electrons. The maximum atomic E-state index is 13.6. The van der Waals surface area contributed by atoms with Crippen molar-refractivity contribution in [1.82, 2.24) is 0 Å². The fraction of sp³-hybridized carbons (Fsp3) is 0.167. The van der Waals surface area contributed by atoms with Crippen molar-refractivity contribution in [3.8, 4) is 5.75 Å². The van der Waals surface area contributed by atoms with Crippen molar-refractivity contribution >= 4 is 50.7 Å². The zero-order chi connectivity index (χ0) is 27.8. The Morgan fingerprint density at radius 3 is 2.28 bits per heavy atom. The summed E-state index contributed by atoms with van der Waals surface area (Å²) in [6.07, 6.45) is 0. The van der Waals surface area contributed by atoms with Crippen molar-refractivity contribution < 1.29 is 17.9 Å². The number of nitrogens with zero attached hydrogens (tertiary/aromatic N) is 1. The standard InChI is InChI=1S/C30H29ClN2O4S2/c1-3-37-26-14-12-25(13-15-26)33(39(35,36)28-16-10-24(31)11-17-28)20-30(34)32-29-18-9-23(19-22(29)2)21-38-27-7-5-4-6-8-27/h4-19H,3,20-21H2,1-2H3,(H,32,34). The molecule has 4 aromatic rings. The molecule has 39 heavy (non-hydrogen) atoms. The molecule has 6 nitrogen and oxygen atoms in total. The topological polar surface area (TPSA) is 75.7 Å². The van der Waals surface area contributed by atoms with Crippen LogP contribution >= 0.6 is 23.4 Å². The minimum absolute atomic E-state index is 0.0324. The van der Waals surface area contributed by atoms with E-state index in [1.807, 2.05) is 50.2 Å². The number of thioether (sulfide) groups is 1. The monoisotopic (exact) mass is 580 g/mol. The number of carbonyl (C=O) groups is 1. The maximum Gasteiger partial charge on any atom is 0.264 e. The third kappa shape index (κ3) is 7.56. The first kappa shape index (κ1) is 28.5. The van der Waals surface area contributed by atoms with E-state index < -0.39 is 22.5 Å². The molecular weight excluding hydrogens is 552 g/mol. The summed E-state index contributed by atoms with van der Waals surface area (Å²) < 4.78 is 33.8. The third-order valence-corrected chi connectivity index (χ3v) is 8.96. The lowest BCUT2D eigenvalue weighted by atomic mass is 10.1. The molecule has 1 amide bonds. The molecule has 0 fully saturated rings. The quantitative estimate of drug-likeness (QED) is 0.190. The zero-order valence-electron chi connectivity index (χ0n) is 21.6. The van der Waals surface area contributed by atoms with Crippen molar-refractivity contribution in [2.24, 2.45) is 0 Å². The van der Waals surface area contributed by atoms with Gasteiger partial charge in [0, 0.05) is 21.4 Å². The molecule has 9 heteroatoms. The summed E-state index contributed by atoms with van der Waals surface area (Å²) in [4.78, 5) is 14.4. The van der Waals surface area contributed by atoms with Gasteiger partial charge in [-0.2, -0.15) is 0 Å². The average molecular weight is 581 g/mol. The number of amides is 1. The second kappa shape index (κ2) is 13.1. The van der Waals surface area contributed by atoms with Gasteiger partial charge < -0.3 is 10.1 Å². The van der Waals surface area contributed by atoms with Gasteiger partial charge in [-0.1, -0.05) is 41.9 Å². The van der Waals surface area contributed by atoms with E-state index in [2.05, 4.69) is 17.4 Å². The Morgan fingerprint density at radius 1 is 0.949 bits per heavy atom. The van der Waals surface area contributed by atoms with Gasteiger partial charge in [0.2, 0.25) is 5.91 Å². The van der Waals surface area contributed by atoms with Crippen molar-refractivity contribution in [2.75, 3.05) is 22.8 Å². The lowest BCUT2D eigenvalue weighted by molar-refractivity contribution is -0.114. The van der Waals surface area contributed by atoms with Gasteiger partial charge in [0.25, 0.3) is 10.0 Å². The van der Waals surface area contributed by atoms with Crippen LogP contribution in [-0.4, -0.2) is 27.5 Å². The Labute approximate surface area is 239 Å². The molecule has 0 radical (unpaired) electrons. The van der Waals surface area contributed by atoms with Gasteiger partial charge in [0.15, 0.2) is 0 Å². The Hall–Kier alpha value is -3.46. The first-order valence-electron chi connectivity index (χ1n) is 12.3. The first-order chi connectivity index (χ1) is 18.8. The van der Waals surface area contributed by atoms with Crippen LogP contribution in [0.1, 0.15) is 18.1 Å². The first-order valence-corrected chi connectivity index (χ1v) is 15.1. The van der Waals surface area contributed by atoms with Crippen LogP contribution in [0.25, 0.3) is 0 Å². The van der Waals surface area contributed by atoms with Crippen LogP contribution in [0.4, 0.5) is 11.4 Å². The van der Waals surface area contributed by atoms with E-state index in [-0.39, 0.29) is 4.90 Å². The van der Waals surface area contributed by atoms with Gasteiger partial charge in [0.1, 0.15) is 12.3 Å². The molecule has 0 aliphatic carbocycles. The van der Waals surface area contributed by atoms with Crippen LogP contribution in [0, 0.1) is 6.92 Å². The van der Waals surface area contributed by atoms with Crippen LogP contribution in [0.15, 0.2) is 107 Å². The number of carbonyl (C=O) groups excluding carboxylic acids is 1. The summed E-state index contributed by atoms with van der Waals surface area (Å²) in [7, 11) is -4.06. The van der Waals surface area contributed by atoms with Gasteiger partial charge in [-0.15, -0.1) is 11.8 Å². The largest absolute Gasteiger partial charge is 0.494 e. The van der Waals surface area contributed by atoms with E-state index in [1.165, 1.54) is 29.2 Å². The molecule has 0 aliphatic heterocycles. The molecular formula is C30H29ClN2O4S2. The highest BCUT2D eigenvalue weighted by atomic mass is 35.5. The predicted molar refractivity (Wildman–Crippen MR) is 159 cm³/mol. The summed E-state index contributed by atoms with van der Waals surface area (Å²) in [5.74, 6) is 0.941. The summed E-state index contributed by atoms with van der Waals surface area (Å²) >= 11 is 7.70. The number of hydrogen-bond donors (Lipinski definition) is 1. The van der Waals surface area contributed by atoms with Gasteiger partial charge >= 0.3 is 0 Å². The maximum absolute atomic E-state index is 13.6. The van der Waals surface area contributed by atoms with E-state index in [1.54, 1.807) is 36.0 Å². The summed E-state index contributed by atoms with van der Waals surface area (Å²) in [5.41, 5.74) is 2.99. The van der Waals surface area contributed by atoms with Crippen LogP contribution < -0.4 is 14.4 Å². The number of halogens is 1. The fourth-order valence-corrected chi connectivity index (χ4v) is 6.29. The van der Waals surface area contributed by atoms with E-state index in [4.69, 9.17) is 16.3 Å². The van der Waals surface area contributed by atoms with Gasteiger partial charge in [-0.3, -0.25) is 9.10 Å². The third-order valence-electron chi connectivity index (χ3n) is 5.84. The van der Waals surface area contributed by atoms with Crippen LogP contribution in [0.3, 0.4) is 0 Å². The second-order valence-electron chi connectivity index (χ2n) is 8.69. The molecule has 0 saturated carbocycles. The van der Waals surface area contributed by atoms with E-state index >= 15 is 0 Å². The highest BCUT2D eigenvalue weighted by Gasteiger charge is 2.27. The summed E-state index contributed by atoms with van der Waals surface area (Å²) in [6.45, 7) is 3.86. The van der Waals surface area contributed by atoms with E-state index in [9.17, 15) is 13.2 Å². The SMILES string of the molecule is CCOc1ccc(N(CC(=O)Nc2ccc(CSc3ccccc3)cc2C)S(=O)(=O)c2ccc(Cl)cc2)cc1. The lowest BCUT2D eigenvalue weighted by Crippen LogP contribution is -2.38. The number of ether oxygens (including phenoxy) is 1. The number of aryl methyl sites for hydroxylation is 1. The number of anilines is 2. The lowest BCUT2D eigenvalue weighted by Gasteiger charge is -2.24. The average Bonchev–Trinajstić information content (AvgIpc) is 2.93. The molecule has 0 bridgehead atoms. The molecule has 0 heterocycles. The molecule has 0 unspecified atom stereocenters. The van der Waals surface area contributed by atoms with Crippen molar-refractivity contribution in [3.05, 3.63) is 113 Å². The smallest absolute Gasteiger partial charge is 0.264 e. The zero-order valence-corrected chi connectivity index (χ0v) is 24.0. The van der Waals surface area contributed by atoms with Gasteiger partial charge in [-0.05, 0) is 91.7 Å². The normalized spacial score (nSPS) is 11.2. The Balaban J connectivity index is 1.52. The summed E-state index contributed by atoms with van der Waals surface area (Å²) in [5, 5.41) is 3.30. The molecule has 0 atom stereocenters. The molecule has 4 aromatic carbocycles. The van der Waals surface area contributed by atoms with Crippen LogP contribution in [0.5, 0.6) is 5.75 Å². The van der Waals surface area contributed by atoms with Gasteiger partial charge in [0.05, 0.1) is 17.2 Å². The molecule has 0 saturated heterocycles. The Bertz CT molecular complexity index is 1510. The molecule has 0 spiro atoms. The Kier molecular flexibility index (Phi) is 9.56. The second-order valence-corrected chi connectivity index (χ2v) is 12.0. The van der Waals surface area contributed by atoms with E-state index in [0.717, 1.165) is 21.2 Å². The minimum Gasteiger partial charge on any atom is -0.494 e. The number of nitrogens with one attached hydrogen (secondary N) is 1. The highest BCUT2D eigenvalue weighted by Crippen LogP contribution is 2.28. The number of hydrogen-bond acceptors (Lipinski definition) is 5. The fourth-order valence-electron chi connectivity index (χ4n) is 3.88. The number of rotatable bonds is 11. The molecule has 0 aliphatic rings. The number of benzene rings is 4. The highest BCUT2D eigenvalue weighted by molar-refractivity contribution is 7.98. The van der Waals surface area contributed by atoms with Gasteiger partial charge in [-0.25, -0.2) is 8.42 Å².